The van der Waals surface area contributed by atoms with Crippen LogP contribution in [0.3, 0.4) is 0 Å². The van der Waals surface area contributed by atoms with Gasteiger partial charge in [-0.3, -0.25) is 29.9 Å². The van der Waals surface area contributed by atoms with Crippen LogP contribution in [-0.2, 0) is 0 Å². The molecule has 6 aromatic rings. The predicted octanol–water partition coefficient (Wildman–Crippen LogP) is 2.24. The average Bonchev–Trinajstić information content (AvgIpc) is 3.59. The molecule has 0 aliphatic rings. The van der Waals surface area contributed by atoms with Crippen molar-refractivity contribution in [2.45, 2.75) is 0 Å². The van der Waals surface area contributed by atoms with Gasteiger partial charge >= 0.3 is 0 Å². The number of hydrogen-bond donors (Lipinski definition) is 0. The molecule has 6 heterocycles. The fourth-order valence-corrected chi connectivity index (χ4v) is 3.58. The zero-order valence-corrected chi connectivity index (χ0v) is 17.1. The van der Waals surface area contributed by atoms with E-state index in [1.54, 1.807) is 50.7 Å². The number of aliphatic imine (C=N–C) groups is 2. The standard InChI is InChI=1S/C21H14N12/c1-22-10-16(23-2)13-7-19-31(28-13)20-8-14(17-11-24-3-5-26-17)30-33(20)21-9-15(29-32(19)21)18-12-25-4-6-27-18/h3-12H,1-2H2/b16-10-. The van der Waals surface area contributed by atoms with Gasteiger partial charge in [-0.25, -0.2) is 0 Å². The third kappa shape index (κ3) is 2.89. The van der Waals surface area contributed by atoms with Crippen LogP contribution in [0.4, 0.5) is 0 Å². The van der Waals surface area contributed by atoms with Gasteiger partial charge in [-0.2, -0.15) is 28.8 Å². The van der Waals surface area contributed by atoms with Crippen LogP contribution in [0.5, 0.6) is 0 Å². The van der Waals surface area contributed by atoms with Crippen LogP contribution in [0.25, 0.3) is 45.4 Å². The lowest BCUT2D eigenvalue weighted by Gasteiger charge is -2.01. The summed E-state index contributed by atoms with van der Waals surface area (Å²) in [6.07, 6.45) is 11.3. The third-order valence-electron chi connectivity index (χ3n) is 5.02. The summed E-state index contributed by atoms with van der Waals surface area (Å²) in [7, 11) is 0. The highest BCUT2D eigenvalue weighted by atomic mass is 15.4. The maximum atomic E-state index is 4.76. The van der Waals surface area contributed by atoms with E-state index in [4.69, 9.17) is 15.3 Å². The fourth-order valence-electron chi connectivity index (χ4n) is 3.58. The Morgan fingerprint density at radius 1 is 0.697 bits per heavy atom. The quantitative estimate of drug-likeness (QED) is 0.381. The Morgan fingerprint density at radius 2 is 1.24 bits per heavy atom. The second kappa shape index (κ2) is 7.23. The zero-order chi connectivity index (χ0) is 22.4. The fraction of sp³-hybridized carbons (Fsp3) is 0. The van der Waals surface area contributed by atoms with E-state index in [1.165, 1.54) is 6.20 Å². The van der Waals surface area contributed by atoms with E-state index in [-0.39, 0.29) is 0 Å². The van der Waals surface area contributed by atoms with Gasteiger partial charge in [-0.1, -0.05) is 0 Å². The van der Waals surface area contributed by atoms with E-state index in [9.17, 15) is 0 Å². The molecule has 158 valence electrons. The molecule has 12 heteroatoms. The van der Waals surface area contributed by atoms with Crippen molar-refractivity contribution in [2.24, 2.45) is 9.98 Å². The molecule has 0 saturated heterocycles. The van der Waals surface area contributed by atoms with Gasteiger partial charge in [0.05, 0.1) is 18.6 Å². The highest BCUT2D eigenvalue weighted by Gasteiger charge is 2.19. The molecule has 0 aliphatic carbocycles. The number of hydrogen-bond acceptors (Lipinski definition) is 9. The van der Waals surface area contributed by atoms with Crippen molar-refractivity contribution < 1.29 is 0 Å². The maximum absolute atomic E-state index is 4.76. The second-order valence-corrected chi connectivity index (χ2v) is 6.94. The Kier molecular flexibility index (Phi) is 4.08. The Bertz CT molecular complexity index is 1580. The lowest BCUT2D eigenvalue weighted by Crippen LogP contribution is -2.04. The Morgan fingerprint density at radius 3 is 1.73 bits per heavy atom. The van der Waals surface area contributed by atoms with Crippen molar-refractivity contribution in [1.82, 2.24) is 48.8 Å². The first-order valence-electron chi connectivity index (χ1n) is 9.74. The maximum Gasteiger partial charge on any atom is 0.162 e. The molecule has 0 amide bonds. The van der Waals surface area contributed by atoms with E-state index >= 15 is 0 Å². The molecule has 0 aliphatic heterocycles. The Balaban J connectivity index is 1.71. The van der Waals surface area contributed by atoms with Gasteiger partial charge in [0, 0.05) is 43.0 Å². The highest BCUT2D eigenvalue weighted by molar-refractivity contribution is 5.74. The van der Waals surface area contributed by atoms with E-state index in [0.717, 1.165) is 0 Å². The molecule has 0 fully saturated rings. The van der Waals surface area contributed by atoms with Gasteiger partial charge in [0.25, 0.3) is 0 Å². The minimum absolute atomic E-state index is 0.481. The van der Waals surface area contributed by atoms with Gasteiger partial charge in [0.2, 0.25) is 0 Å². The molecule has 12 nitrogen and oxygen atoms in total. The first kappa shape index (κ1) is 18.6. The molecule has 0 aromatic carbocycles. The van der Waals surface area contributed by atoms with E-state index < -0.39 is 0 Å². The summed E-state index contributed by atoms with van der Waals surface area (Å²) < 4.78 is 5.21. The first-order chi connectivity index (χ1) is 16.3. The molecule has 0 atom stereocenters. The molecular weight excluding hydrogens is 420 g/mol. The molecule has 0 bridgehead atoms. The summed E-state index contributed by atoms with van der Waals surface area (Å²) in [4.78, 5) is 24.9. The molecule has 0 unspecified atom stereocenters. The van der Waals surface area contributed by atoms with Gasteiger partial charge in [0.15, 0.2) is 16.9 Å². The zero-order valence-electron chi connectivity index (χ0n) is 17.1. The summed E-state index contributed by atoms with van der Waals surface area (Å²) >= 11 is 0. The minimum Gasteiger partial charge on any atom is -0.270 e. The summed E-state index contributed by atoms with van der Waals surface area (Å²) in [6, 6.07) is 5.63. The lowest BCUT2D eigenvalue weighted by atomic mass is 10.3. The number of fused-ring (bicyclic) bond motifs is 6. The summed E-state index contributed by atoms with van der Waals surface area (Å²) in [5, 5.41) is 14.2. The van der Waals surface area contributed by atoms with Crippen LogP contribution in [0.1, 0.15) is 5.69 Å². The third-order valence-corrected chi connectivity index (χ3v) is 5.02. The van der Waals surface area contributed by atoms with Gasteiger partial charge < -0.3 is 0 Å². The number of aromatic nitrogens is 10. The van der Waals surface area contributed by atoms with Crippen molar-refractivity contribution in [3.8, 4) is 22.8 Å². The molecule has 33 heavy (non-hydrogen) atoms. The van der Waals surface area contributed by atoms with Crippen molar-refractivity contribution in [3.63, 3.8) is 0 Å². The smallest absolute Gasteiger partial charge is 0.162 e. The number of rotatable bonds is 5. The summed E-state index contributed by atoms with van der Waals surface area (Å²) in [6.45, 7) is 7.11. The predicted molar refractivity (Wildman–Crippen MR) is 122 cm³/mol. The molecule has 0 saturated carbocycles. The monoisotopic (exact) mass is 434 g/mol. The first-order valence-corrected chi connectivity index (χ1v) is 9.74. The Hall–Kier alpha value is -5.13. The van der Waals surface area contributed by atoms with Crippen LogP contribution in [0, 0.1) is 0 Å². The van der Waals surface area contributed by atoms with Crippen LogP contribution >= 0.6 is 0 Å². The van der Waals surface area contributed by atoms with Crippen LogP contribution < -0.4 is 0 Å². The normalized spacial score (nSPS) is 12.1. The van der Waals surface area contributed by atoms with E-state index in [1.807, 2.05) is 18.2 Å². The highest BCUT2D eigenvalue weighted by Crippen LogP contribution is 2.25. The van der Waals surface area contributed by atoms with Gasteiger partial charge in [0.1, 0.15) is 34.2 Å². The van der Waals surface area contributed by atoms with Crippen molar-refractivity contribution >= 4 is 36.1 Å². The Labute approximate surface area is 185 Å². The molecule has 6 rings (SSSR count). The van der Waals surface area contributed by atoms with Crippen molar-refractivity contribution in [2.75, 3.05) is 0 Å². The molecule has 0 radical (unpaired) electrons. The number of nitrogens with zero attached hydrogens (tertiary/aromatic N) is 12. The van der Waals surface area contributed by atoms with E-state index in [0.29, 0.717) is 51.1 Å². The van der Waals surface area contributed by atoms with Crippen molar-refractivity contribution in [3.05, 3.63) is 67.3 Å². The molecule has 0 N–H and O–H groups in total. The van der Waals surface area contributed by atoms with Gasteiger partial charge in [-0.15, -0.1) is 0 Å². The van der Waals surface area contributed by atoms with Crippen LogP contribution in [0.2, 0.25) is 0 Å². The van der Waals surface area contributed by atoms with Crippen LogP contribution in [0.15, 0.2) is 71.6 Å². The van der Waals surface area contributed by atoms with E-state index in [2.05, 4.69) is 43.4 Å². The minimum atomic E-state index is 0.481. The van der Waals surface area contributed by atoms with Crippen molar-refractivity contribution in [1.29, 1.82) is 0 Å². The SMILES string of the molecule is C=N/C=C(\N=C)c1cc2n(n1)c1cc(-c3cnccn3)nn1c1cc(-c3cnccn3)nn21. The topological polar surface area (TPSA) is 128 Å². The average molecular weight is 434 g/mol. The summed E-state index contributed by atoms with van der Waals surface area (Å²) in [5.41, 5.74) is 5.69. The van der Waals surface area contributed by atoms with Crippen LogP contribution in [-0.4, -0.2) is 62.2 Å². The molecular formula is C21H14N12. The largest absolute Gasteiger partial charge is 0.270 e. The second-order valence-electron chi connectivity index (χ2n) is 6.94. The molecule has 6 aromatic heterocycles. The van der Waals surface area contributed by atoms with Gasteiger partial charge in [-0.05, 0) is 13.4 Å². The molecule has 0 spiro atoms. The lowest BCUT2D eigenvalue weighted by molar-refractivity contribution is 0.827. The summed E-state index contributed by atoms with van der Waals surface area (Å²) in [5.74, 6) is 0.